The molecule has 7 heteroatoms. The van der Waals surface area contributed by atoms with Crippen LogP contribution in [0, 0.1) is 0 Å². The molecule has 0 aliphatic carbocycles. The lowest BCUT2D eigenvalue weighted by atomic mass is 10.1. The first-order chi connectivity index (χ1) is 11.8. The number of H-pyrrole nitrogens is 1. The number of benzene rings is 2. The number of aromatic nitrogens is 3. The molecule has 0 atom stereocenters. The first-order valence-electron chi connectivity index (χ1n) is 7.67. The Labute approximate surface area is 143 Å². The molecule has 0 radical (unpaired) electrons. The van der Waals surface area contributed by atoms with Crippen LogP contribution in [-0.2, 0) is 12.7 Å². The van der Waals surface area contributed by atoms with E-state index >= 15 is 0 Å². The first kappa shape index (κ1) is 17.2. The zero-order chi connectivity index (χ0) is 18.0. The summed E-state index contributed by atoms with van der Waals surface area (Å²) >= 11 is 0. The maximum atomic E-state index is 12.6. The zero-order valence-corrected chi connectivity index (χ0v) is 13.8. The summed E-state index contributed by atoms with van der Waals surface area (Å²) in [5.41, 5.74) is 1.85. The molecule has 0 fully saturated rings. The van der Waals surface area contributed by atoms with Gasteiger partial charge in [0.25, 0.3) is 0 Å². The van der Waals surface area contributed by atoms with Gasteiger partial charge in [0.1, 0.15) is 0 Å². The highest BCUT2D eigenvalue weighted by Gasteiger charge is 2.30. The highest BCUT2D eigenvalue weighted by molar-refractivity contribution is 5.62. The van der Waals surface area contributed by atoms with Crippen LogP contribution < -0.4 is 0 Å². The van der Waals surface area contributed by atoms with E-state index in [0.717, 1.165) is 29.8 Å². The van der Waals surface area contributed by atoms with Crippen LogP contribution in [0.4, 0.5) is 13.2 Å². The van der Waals surface area contributed by atoms with Crippen LogP contribution in [-0.4, -0.2) is 34.2 Å². The second-order valence-corrected chi connectivity index (χ2v) is 6.02. The smallest absolute Gasteiger partial charge is 0.305 e. The number of aromatic amines is 1. The van der Waals surface area contributed by atoms with Crippen molar-refractivity contribution in [2.45, 2.75) is 12.7 Å². The molecule has 1 aromatic heterocycles. The van der Waals surface area contributed by atoms with Crippen molar-refractivity contribution in [3.63, 3.8) is 0 Å². The van der Waals surface area contributed by atoms with Crippen molar-refractivity contribution in [2.75, 3.05) is 14.1 Å². The van der Waals surface area contributed by atoms with Crippen molar-refractivity contribution >= 4 is 0 Å². The predicted octanol–water partition coefficient (Wildman–Crippen LogP) is 4.22. The van der Waals surface area contributed by atoms with Gasteiger partial charge in [-0.15, -0.1) is 0 Å². The lowest BCUT2D eigenvalue weighted by molar-refractivity contribution is -0.137. The molecule has 3 aromatic rings. The quantitative estimate of drug-likeness (QED) is 0.769. The normalized spacial score (nSPS) is 11.9. The molecule has 0 aliphatic rings. The highest BCUT2D eigenvalue weighted by atomic mass is 19.4. The number of alkyl halides is 3. The van der Waals surface area contributed by atoms with E-state index < -0.39 is 11.7 Å². The number of hydrogen-bond acceptors (Lipinski definition) is 3. The van der Waals surface area contributed by atoms with Crippen LogP contribution in [0.3, 0.4) is 0 Å². The third-order valence-corrected chi connectivity index (χ3v) is 3.66. The molecule has 0 aliphatic heterocycles. The Bertz CT molecular complexity index is 851. The van der Waals surface area contributed by atoms with Gasteiger partial charge in [-0.25, -0.2) is 4.98 Å². The summed E-state index contributed by atoms with van der Waals surface area (Å²) in [7, 11) is 3.98. The fourth-order valence-electron chi connectivity index (χ4n) is 2.51. The van der Waals surface area contributed by atoms with Crippen molar-refractivity contribution in [1.29, 1.82) is 0 Å². The molecular formula is C18H17F3N4. The molecule has 0 bridgehead atoms. The number of rotatable bonds is 4. The molecular weight excluding hydrogens is 329 g/mol. The summed E-state index contributed by atoms with van der Waals surface area (Å²) in [6.45, 7) is 0.796. The number of halogens is 3. The van der Waals surface area contributed by atoms with E-state index in [1.54, 1.807) is 0 Å². The minimum Gasteiger partial charge on any atom is -0.305 e. The van der Waals surface area contributed by atoms with E-state index in [1.165, 1.54) is 12.1 Å². The van der Waals surface area contributed by atoms with Gasteiger partial charge in [0.2, 0.25) is 0 Å². The lowest BCUT2D eigenvalue weighted by Crippen LogP contribution is -2.10. The fourth-order valence-corrected chi connectivity index (χ4v) is 2.51. The summed E-state index contributed by atoms with van der Waals surface area (Å²) in [4.78, 5) is 6.46. The summed E-state index contributed by atoms with van der Waals surface area (Å²) in [6.07, 6.45) is -4.35. The van der Waals surface area contributed by atoms with Gasteiger partial charge in [0.05, 0.1) is 5.56 Å². The molecule has 0 saturated heterocycles. The van der Waals surface area contributed by atoms with Crippen molar-refractivity contribution in [2.24, 2.45) is 0 Å². The molecule has 1 heterocycles. The standard InChI is InChI=1S/C18H17F3N4/c1-25(2)11-12-4-3-5-14(10-12)17-22-16(23-24-17)13-6-8-15(9-7-13)18(19,20)21/h3-10H,11H2,1-2H3,(H,22,23,24). The van der Waals surface area contributed by atoms with E-state index in [-0.39, 0.29) is 0 Å². The van der Waals surface area contributed by atoms with Crippen molar-refractivity contribution in [3.8, 4) is 22.8 Å². The average molecular weight is 346 g/mol. The molecule has 4 nitrogen and oxygen atoms in total. The summed E-state index contributed by atoms with van der Waals surface area (Å²) in [5.74, 6) is 0.942. The van der Waals surface area contributed by atoms with Gasteiger partial charge in [-0.2, -0.15) is 18.3 Å². The van der Waals surface area contributed by atoms with E-state index in [9.17, 15) is 13.2 Å². The number of nitrogens with one attached hydrogen (secondary N) is 1. The van der Waals surface area contributed by atoms with Crippen molar-refractivity contribution in [1.82, 2.24) is 20.1 Å². The molecule has 0 saturated carbocycles. The summed E-state index contributed by atoms with van der Waals surface area (Å²) in [6, 6.07) is 12.7. The maximum absolute atomic E-state index is 12.6. The third-order valence-electron chi connectivity index (χ3n) is 3.66. The van der Waals surface area contributed by atoms with Crippen molar-refractivity contribution < 1.29 is 13.2 Å². The molecule has 3 rings (SSSR count). The second kappa shape index (κ2) is 6.68. The number of nitrogens with zero attached hydrogens (tertiary/aromatic N) is 3. The van der Waals surface area contributed by atoms with Crippen LogP contribution in [0.15, 0.2) is 48.5 Å². The van der Waals surface area contributed by atoms with Crippen LogP contribution in [0.1, 0.15) is 11.1 Å². The Morgan fingerprint density at radius 1 is 1.00 bits per heavy atom. The summed E-state index contributed by atoms with van der Waals surface area (Å²) < 4.78 is 37.9. The van der Waals surface area contributed by atoms with Gasteiger partial charge in [-0.1, -0.05) is 30.3 Å². The monoisotopic (exact) mass is 346 g/mol. The lowest BCUT2D eigenvalue weighted by Gasteiger charge is -2.09. The molecule has 1 N–H and O–H groups in total. The average Bonchev–Trinajstić information content (AvgIpc) is 3.04. The van der Waals surface area contributed by atoms with E-state index in [4.69, 9.17) is 0 Å². The van der Waals surface area contributed by atoms with Crippen LogP contribution >= 0.6 is 0 Å². The van der Waals surface area contributed by atoms with E-state index in [1.807, 2.05) is 38.4 Å². The minimum atomic E-state index is -4.35. The van der Waals surface area contributed by atoms with Gasteiger partial charge in [-0.3, -0.25) is 5.10 Å². The number of hydrogen-bond donors (Lipinski definition) is 1. The predicted molar refractivity (Wildman–Crippen MR) is 89.6 cm³/mol. The largest absolute Gasteiger partial charge is 0.416 e. The van der Waals surface area contributed by atoms with Crippen molar-refractivity contribution in [3.05, 3.63) is 59.7 Å². The Kier molecular flexibility index (Phi) is 4.59. The Morgan fingerprint density at radius 3 is 2.36 bits per heavy atom. The molecule has 130 valence electrons. The molecule has 2 aromatic carbocycles. The first-order valence-corrected chi connectivity index (χ1v) is 7.67. The SMILES string of the molecule is CN(C)Cc1cccc(-c2n[nH]c(-c3ccc(C(F)(F)F)cc3)n2)c1. The van der Waals surface area contributed by atoms with E-state index in [0.29, 0.717) is 17.2 Å². The Morgan fingerprint density at radius 2 is 1.72 bits per heavy atom. The Hall–Kier alpha value is -2.67. The molecule has 0 spiro atoms. The maximum Gasteiger partial charge on any atom is 0.416 e. The van der Waals surface area contributed by atoms with E-state index in [2.05, 4.69) is 20.1 Å². The second-order valence-electron chi connectivity index (χ2n) is 6.02. The molecule has 0 unspecified atom stereocenters. The third kappa shape index (κ3) is 4.06. The fraction of sp³-hybridized carbons (Fsp3) is 0.222. The Balaban J connectivity index is 1.85. The van der Waals surface area contributed by atoms with Crippen LogP contribution in [0.2, 0.25) is 0 Å². The molecule has 0 amide bonds. The van der Waals surface area contributed by atoms with Gasteiger partial charge >= 0.3 is 6.18 Å². The van der Waals surface area contributed by atoms with Gasteiger partial charge in [0, 0.05) is 17.7 Å². The van der Waals surface area contributed by atoms with Gasteiger partial charge in [0.15, 0.2) is 11.6 Å². The highest BCUT2D eigenvalue weighted by Crippen LogP contribution is 2.30. The van der Waals surface area contributed by atoms with Crippen LogP contribution in [0.25, 0.3) is 22.8 Å². The molecule has 25 heavy (non-hydrogen) atoms. The zero-order valence-electron chi connectivity index (χ0n) is 13.8. The summed E-state index contributed by atoms with van der Waals surface area (Å²) in [5, 5.41) is 6.97. The topological polar surface area (TPSA) is 44.8 Å². The van der Waals surface area contributed by atoms with Gasteiger partial charge < -0.3 is 4.90 Å². The minimum absolute atomic E-state index is 0.432. The van der Waals surface area contributed by atoms with Gasteiger partial charge in [-0.05, 0) is 37.9 Å². The van der Waals surface area contributed by atoms with Crippen LogP contribution in [0.5, 0.6) is 0 Å².